The van der Waals surface area contributed by atoms with Gasteiger partial charge < -0.3 is 19.7 Å². The largest absolute Gasteiger partial charge is 0.476 e. The van der Waals surface area contributed by atoms with Crippen molar-refractivity contribution in [2.45, 2.75) is 45.1 Å². The fourth-order valence-electron chi connectivity index (χ4n) is 3.58. The highest BCUT2D eigenvalue weighted by Crippen LogP contribution is 2.38. The molecular weight excluding hydrogens is 418 g/mol. The molecule has 7 nitrogen and oxygen atoms in total. The minimum atomic E-state index is -2.71. The maximum atomic E-state index is 13.3. The predicted octanol–water partition coefficient (Wildman–Crippen LogP) is 4.60. The Balaban J connectivity index is 1.45. The van der Waals surface area contributed by atoms with Gasteiger partial charge in [-0.2, -0.15) is 4.98 Å². The summed E-state index contributed by atoms with van der Waals surface area (Å²) in [7, 11) is 0. The van der Waals surface area contributed by atoms with Gasteiger partial charge in [-0.1, -0.05) is 19.9 Å². The number of ether oxygens (including phenoxy) is 2. The van der Waals surface area contributed by atoms with E-state index in [9.17, 15) is 13.6 Å². The van der Waals surface area contributed by atoms with Crippen LogP contribution in [0.2, 0.25) is 0 Å². The van der Waals surface area contributed by atoms with E-state index in [0.717, 1.165) is 18.4 Å². The van der Waals surface area contributed by atoms with Crippen molar-refractivity contribution in [3.05, 3.63) is 42.2 Å². The first-order valence-electron chi connectivity index (χ1n) is 10.9. The number of alkyl halides is 2. The number of halogens is 2. The number of hydrogen-bond acceptors (Lipinski definition) is 6. The van der Waals surface area contributed by atoms with Gasteiger partial charge >= 0.3 is 6.09 Å². The Hall–Kier alpha value is -2.97. The molecule has 32 heavy (non-hydrogen) atoms. The molecule has 1 unspecified atom stereocenters. The topological polar surface area (TPSA) is 76.6 Å². The van der Waals surface area contributed by atoms with Crippen LogP contribution in [0.1, 0.15) is 44.7 Å². The van der Waals surface area contributed by atoms with Crippen LogP contribution in [-0.2, 0) is 0 Å². The maximum absolute atomic E-state index is 13.3. The van der Waals surface area contributed by atoms with Crippen molar-refractivity contribution in [1.82, 2.24) is 15.3 Å². The highest BCUT2D eigenvalue weighted by atomic mass is 19.3. The third-order valence-corrected chi connectivity index (χ3v) is 5.44. The highest BCUT2D eigenvalue weighted by Gasteiger charge is 2.45. The molecule has 1 saturated carbocycles. The molecule has 2 aromatic heterocycles. The Morgan fingerprint density at radius 2 is 2.06 bits per heavy atom. The lowest BCUT2D eigenvalue weighted by Gasteiger charge is -2.40. The summed E-state index contributed by atoms with van der Waals surface area (Å²) in [6.45, 7) is 3.85. The number of amides is 1. The summed E-state index contributed by atoms with van der Waals surface area (Å²) < 4.78 is 37.9. The zero-order chi connectivity index (χ0) is 22.7. The molecule has 2 fully saturated rings. The van der Waals surface area contributed by atoms with Gasteiger partial charge in [-0.25, -0.2) is 13.6 Å². The quantitative estimate of drug-likeness (QED) is 0.607. The fraction of sp³-hybridized carbons (Fsp3) is 0.522. The van der Waals surface area contributed by atoms with E-state index in [0.29, 0.717) is 30.6 Å². The summed E-state index contributed by atoms with van der Waals surface area (Å²) in [6, 6.07) is 6.57. The molecule has 2 aliphatic rings. The van der Waals surface area contributed by atoms with E-state index in [1.54, 1.807) is 18.5 Å². The van der Waals surface area contributed by atoms with Gasteiger partial charge in [-0.05, 0) is 48.8 Å². The van der Waals surface area contributed by atoms with E-state index in [1.807, 2.05) is 12.1 Å². The summed E-state index contributed by atoms with van der Waals surface area (Å²) in [5, 5.41) is 2.87. The second-order valence-corrected chi connectivity index (χ2v) is 8.94. The zero-order valence-corrected chi connectivity index (χ0v) is 18.3. The van der Waals surface area contributed by atoms with Gasteiger partial charge in [0.15, 0.2) is 0 Å². The summed E-state index contributed by atoms with van der Waals surface area (Å²) >= 11 is 0. The van der Waals surface area contributed by atoms with Crippen LogP contribution in [0.15, 0.2) is 36.7 Å². The molecule has 3 heterocycles. The van der Waals surface area contributed by atoms with Crippen LogP contribution in [0.5, 0.6) is 11.8 Å². The van der Waals surface area contributed by atoms with Crippen LogP contribution < -0.4 is 19.7 Å². The number of hydrogen-bond donors (Lipinski definition) is 1. The summed E-state index contributed by atoms with van der Waals surface area (Å²) in [5.41, 5.74) is 1.37. The molecule has 1 amide bonds. The van der Waals surface area contributed by atoms with Crippen LogP contribution >= 0.6 is 0 Å². The smallest absolute Gasteiger partial charge is 0.414 e. The first-order valence-corrected chi connectivity index (χ1v) is 10.9. The van der Waals surface area contributed by atoms with E-state index >= 15 is 0 Å². The minimum Gasteiger partial charge on any atom is -0.476 e. The lowest BCUT2D eigenvalue weighted by molar-refractivity contribution is -0.0265. The van der Waals surface area contributed by atoms with E-state index in [4.69, 9.17) is 9.47 Å². The van der Waals surface area contributed by atoms with E-state index in [1.165, 1.54) is 11.0 Å². The van der Waals surface area contributed by atoms with Crippen LogP contribution in [0.3, 0.4) is 0 Å². The number of aromatic nitrogens is 2. The van der Waals surface area contributed by atoms with Crippen molar-refractivity contribution < 1.29 is 23.0 Å². The first-order chi connectivity index (χ1) is 15.3. The minimum absolute atomic E-state index is 0.0545. The zero-order valence-electron chi connectivity index (χ0n) is 18.3. The number of carbonyl (C=O) groups is 1. The fourth-order valence-corrected chi connectivity index (χ4v) is 3.58. The number of rotatable bonds is 9. The Morgan fingerprint density at radius 1 is 1.28 bits per heavy atom. The summed E-state index contributed by atoms with van der Waals surface area (Å²) in [5.74, 6) is -1.63. The normalized spacial score (nSPS) is 18.1. The van der Waals surface area contributed by atoms with Gasteiger partial charge in [-0.15, -0.1) is 0 Å². The Bertz CT molecular complexity index is 930. The summed E-state index contributed by atoms with van der Waals surface area (Å²) in [6.07, 6.45) is 5.63. The van der Waals surface area contributed by atoms with Crippen LogP contribution in [0, 0.1) is 11.8 Å². The maximum Gasteiger partial charge on any atom is 0.414 e. The number of nitrogens with zero attached hydrogens (tertiary/aromatic N) is 3. The molecule has 4 rings (SSSR count). The third kappa shape index (κ3) is 5.83. The Kier molecular flexibility index (Phi) is 6.43. The van der Waals surface area contributed by atoms with E-state index in [2.05, 4.69) is 29.1 Å². The van der Waals surface area contributed by atoms with Gasteiger partial charge in [0, 0.05) is 18.5 Å². The molecule has 9 heteroatoms. The molecule has 0 radical (unpaired) electrons. The van der Waals surface area contributed by atoms with Gasteiger partial charge in [0.05, 0.1) is 25.7 Å². The average Bonchev–Trinajstić information content (AvgIpc) is 3.55. The van der Waals surface area contributed by atoms with Crippen LogP contribution in [0.25, 0.3) is 0 Å². The molecule has 0 bridgehead atoms. The lowest BCUT2D eigenvalue weighted by Crippen LogP contribution is -2.56. The van der Waals surface area contributed by atoms with Gasteiger partial charge in [0.25, 0.3) is 5.92 Å². The number of carbonyl (C=O) groups excluding carboxylic acids is 1. The van der Waals surface area contributed by atoms with Crippen LogP contribution in [-0.4, -0.2) is 41.7 Å². The number of anilines is 1. The standard InChI is InChI=1S/C23H28F2N4O3/c1-15(2)10-18(17-4-3-9-26-11-17)27-22(30)32-20-8-7-19(29-13-23(24,25)14-29)21(28-20)31-12-16-5-6-16/h3-4,7-9,11,15-16,18H,5-6,10,12-14H2,1-2H3,(H,27,30). The highest BCUT2D eigenvalue weighted by molar-refractivity contribution is 5.71. The van der Waals surface area contributed by atoms with Gasteiger partial charge in [-0.3, -0.25) is 4.98 Å². The number of nitrogens with one attached hydrogen (secondary N) is 1. The summed E-state index contributed by atoms with van der Waals surface area (Å²) in [4.78, 5) is 22.5. The van der Waals surface area contributed by atoms with Crippen molar-refractivity contribution in [2.75, 3.05) is 24.6 Å². The van der Waals surface area contributed by atoms with Crippen LogP contribution in [0.4, 0.5) is 19.3 Å². The van der Waals surface area contributed by atoms with Crippen molar-refractivity contribution in [1.29, 1.82) is 0 Å². The second kappa shape index (κ2) is 9.26. The molecule has 1 saturated heterocycles. The molecule has 1 atom stereocenters. The number of pyridine rings is 2. The van der Waals surface area contributed by atoms with Crippen molar-refractivity contribution >= 4 is 11.8 Å². The van der Waals surface area contributed by atoms with Gasteiger partial charge in [0.2, 0.25) is 11.8 Å². The molecule has 1 aliphatic carbocycles. The molecular formula is C23H28F2N4O3. The van der Waals surface area contributed by atoms with E-state index < -0.39 is 12.0 Å². The van der Waals surface area contributed by atoms with Crippen molar-refractivity contribution in [3.8, 4) is 11.8 Å². The van der Waals surface area contributed by atoms with E-state index in [-0.39, 0.29) is 30.9 Å². The van der Waals surface area contributed by atoms with Crippen molar-refractivity contribution in [2.24, 2.45) is 11.8 Å². The molecule has 172 valence electrons. The second-order valence-electron chi connectivity index (χ2n) is 8.94. The Morgan fingerprint density at radius 3 is 2.69 bits per heavy atom. The molecule has 1 N–H and O–H groups in total. The predicted molar refractivity (Wildman–Crippen MR) is 115 cm³/mol. The third-order valence-electron chi connectivity index (χ3n) is 5.44. The molecule has 0 aromatic carbocycles. The lowest BCUT2D eigenvalue weighted by atomic mass is 9.98. The first kappa shape index (κ1) is 22.2. The average molecular weight is 446 g/mol. The monoisotopic (exact) mass is 446 g/mol. The molecule has 0 spiro atoms. The van der Waals surface area contributed by atoms with Crippen molar-refractivity contribution in [3.63, 3.8) is 0 Å². The SMILES string of the molecule is CC(C)CC(NC(=O)Oc1ccc(N2CC(F)(F)C2)c(OCC2CC2)n1)c1cccnc1. The Labute approximate surface area is 186 Å². The molecule has 1 aliphatic heterocycles. The molecule has 2 aromatic rings. The van der Waals surface area contributed by atoms with Gasteiger partial charge in [0.1, 0.15) is 5.69 Å².